The fourth-order valence-corrected chi connectivity index (χ4v) is 3.94. The minimum Gasteiger partial charge on any atom is -0.480 e. The second-order valence-electron chi connectivity index (χ2n) is 7.65. The molecule has 2 N–H and O–H groups in total. The maximum absolute atomic E-state index is 12.0. The van der Waals surface area contributed by atoms with Gasteiger partial charge in [0.05, 0.1) is 6.61 Å². The van der Waals surface area contributed by atoms with Crippen LogP contribution in [-0.4, -0.2) is 34.4 Å². The average molecular weight is 372 g/mol. The Bertz CT molecular complexity index is 840. The molecule has 6 heteroatoms. The summed E-state index contributed by atoms with van der Waals surface area (Å²) in [5, 5.41) is 13.7. The lowest BCUT2D eigenvalue weighted by Gasteiger charge is -2.26. The molecule has 6 nitrogen and oxygen atoms in total. The Hall–Kier alpha value is -2.50. The number of rotatable bonds is 6. The largest absolute Gasteiger partial charge is 0.480 e. The van der Waals surface area contributed by atoms with Gasteiger partial charge in [0, 0.05) is 22.6 Å². The molecule has 3 rings (SSSR count). The highest BCUT2D eigenvalue weighted by atomic mass is 16.5. The summed E-state index contributed by atoms with van der Waals surface area (Å²) in [6.07, 6.45) is 2.36. The number of hydrogen-bond donors (Lipinski definition) is 2. The summed E-state index contributed by atoms with van der Waals surface area (Å²) >= 11 is 0. The van der Waals surface area contributed by atoms with Crippen molar-refractivity contribution < 1.29 is 19.4 Å². The number of alkyl carbamates (subject to hydrolysis) is 1. The standard InChI is InChI=1S/C21H28N2O4/c1-4-17(20(24)25)23-18-8-6-5-7-15(18)16-11-14(9-10-19(16)23)22-21(26)27-12-13(2)3/h5-8,13-14,17H,4,9-12H2,1-3H3,(H,22,26)(H,24,25). The summed E-state index contributed by atoms with van der Waals surface area (Å²) in [6.45, 7) is 6.31. The van der Waals surface area contributed by atoms with Crippen LogP contribution >= 0.6 is 0 Å². The number of ether oxygens (including phenoxy) is 1. The smallest absolute Gasteiger partial charge is 0.407 e. The molecule has 1 aromatic heterocycles. The van der Waals surface area contributed by atoms with Crippen molar-refractivity contribution in [2.45, 2.75) is 58.5 Å². The monoisotopic (exact) mass is 372 g/mol. The molecule has 2 unspecified atom stereocenters. The summed E-state index contributed by atoms with van der Waals surface area (Å²) in [7, 11) is 0. The number of hydrogen-bond acceptors (Lipinski definition) is 3. The summed E-state index contributed by atoms with van der Waals surface area (Å²) in [5.41, 5.74) is 3.18. The zero-order chi connectivity index (χ0) is 19.6. The molecule has 1 amide bonds. The fraction of sp³-hybridized carbons (Fsp3) is 0.524. The van der Waals surface area contributed by atoms with Gasteiger partial charge in [0.2, 0.25) is 0 Å². The first kappa shape index (κ1) is 19.3. The van der Waals surface area contributed by atoms with E-state index in [0.717, 1.165) is 35.0 Å². The lowest BCUT2D eigenvalue weighted by atomic mass is 9.91. The minimum atomic E-state index is -0.807. The molecular formula is C21H28N2O4. The van der Waals surface area contributed by atoms with Crippen molar-refractivity contribution >= 4 is 23.0 Å². The van der Waals surface area contributed by atoms with E-state index in [0.29, 0.717) is 25.4 Å². The van der Waals surface area contributed by atoms with E-state index in [2.05, 4.69) is 5.32 Å². The van der Waals surface area contributed by atoms with E-state index in [1.54, 1.807) is 0 Å². The van der Waals surface area contributed by atoms with Gasteiger partial charge in [-0.15, -0.1) is 0 Å². The molecule has 0 bridgehead atoms. The van der Waals surface area contributed by atoms with E-state index in [9.17, 15) is 14.7 Å². The van der Waals surface area contributed by atoms with Crippen LogP contribution < -0.4 is 5.32 Å². The van der Waals surface area contributed by atoms with Gasteiger partial charge < -0.3 is 19.7 Å². The highest BCUT2D eigenvalue weighted by Crippen LogP contribution is 2.35. The number of aliphatic carboxylic acids is 1. The number of carbonyl (C=O) groups is 2. The van der Waals surface area contributed by atoms with Crippen molar-refractivity contribution in [2.24, 2.45) is 5.92 Å². The van der Waals surface area contributed by atoms with Gasteiger partial charge in [-0.3, -0.25) is 0 Å². The number of benzene rings is 1. The molecule has 27 heavy (non-hydrogen) atoms. The van der Waals surface area contributed by atoms with Crippen LogP contribution in [0.15, 0.2) is 24.3 Å². The highest BCUT2D eigenvalue weighted by molar-refractivity contribution is 5.88. The second kappa shape index (κ2) is 8.03. The lowest BCUT2D eigenvalue weighted by molar-refractivity contribution is -0.140. The molecule has 2 aromatic rings. The molecule has 0 aliphatic heterocycles. The molecule has 1 aliphatic carbocycles. The third kappa shape index (κ3) is 3.94. The molecule has 1 aromatic carbocycles. The number of carbonyl (C=O) groups excluding carboxylic acids is 1. The van der Waals surface area contributed by atoms with Gasteiger partial charge in [-0.2, -0.15) is 0 Å². The summed E-state index contributed by atoms with van der Waals surface area (Å²) < 4.78 is 7.23. The van der Waals surface area contributed by atoms with Gasteiger partial charge in [-0.1, -0.05) is 39.0 Å². The van der Waals surface area contributed by atoms with Gasteiger partial charge in [-0.05, 0) is 43.2 Å². The van der Waals surface area contributed by atoms with E-state index in [1.807, 2.05) is 49.6 Å². The van der Waals surface area contributed by atoms with E-state index in [-0.39, 0.29) is 12.1 Å². The number of nitrogens with zero attached hydrogens (tertiary/aromatic N) is 1. The first-order valence-electron chi connectivity index (χ1n) is 9.69. The van der Waals surface area contributed by atoms with E-state index < -0.39 is 12.0 Å². The summed E-state index contributed by atoms with van der Waals surface area (Å²) in [4.78, 5) is 23.8. The van der Waals surface area contributed by atoms with E-state index >= 15 is 0 Å². The molecule has 146 valence electrons. The Balaban J connectivity index is 1.89. The zero-order valence-corrected chi connectivity index (χ0v) is 16.2. The quantitative estimate of drug-likeness (QED) is 0.805. The van der Waals surface area contributed by atoms with Gasteiger partial charge in [0.15, 0.2) is 0 Å². The molecule has 0 radical (unpaired) electrons. The third-order valence-electron chi connectivity index (χ3n) is 5.16. The van der Waals surface area contributed by atoms with Crippen molar-refractivity contribution in [3.8, 4) is 0 Å². The molecule has 1 aliphatic rings. The molecule has 0 saturated heterocycles. The number of aromatic nitrogens is 1. The number of carboxylic acids is 1. The van der Waals surface area contributed by atoms with Crippen molar-refractivity contribution in [1.29, 1.82) is 0 Å². The predicted molar refractivity (Wildman–Crippen MR) is 104 cm³/mol. The fourth-order valence-electron chi connectivity index (χ4n) is 3.94. The Morgan fingerprint density at radius 3 is 2.74 bits per heavy atom. The molecule has 1 heterocycles. The zero-order valence-electron chi connectivity index (χ0n) is 16.2. The third-order valence-corrected chi connectivity index (χ3v) is 5.16. The Morgan fingerprint density at radius 2 is 2.07 bits per heavy atom. The second-order valence-corrected chi connectivity index (χ2v) is 7.65. The number of para-hydroxylation sites is 1. The summed E-state index contributed by atoms with van der Waals surface area (Å²) in [6, 6.07) is 7.37. The molecular weight excluding hydrogens is 344 g/mol. The Kier molecular flexibility index (Phi) is 5.73. The first-order chi connectivity index (χ1) is 12.9. The van der Waals surface area contributed by atoms with Crippen molar-refractivity contribution in [3.05, 3.63) is 35.5 Å². The maximum Gasteiger partial charge on any atom is 0.407 e. The van der Waals surface area contributed by atoms with Crippen LogP contribution in [0.4, 0.5) is 4.79 Å². The normalized spacial score (nSPS) is 17.6. The van der Waals surface area contributed by atoms with E-state index in [1.165, 1.54) is 0 Å². The number of amides is 1. The molecule has 0 fully saturated rings. The molecule has 0 saturated carbocycles. The van der Waals surface area contributed by atoms with Crippen molar-refractivity contribution in [3.63, 3.8) is 0 Å². The van der Waals surface area contributed by atoms with Gasteiger partial charge in [-0.25, -0.2) is 9.59 Å². The number of nitrogens with one attached hydrogen (secondary N) is 1. The highest BCUT2D eigenvalue weighted by Gasteiger charge is 2.30. The number of fused-ring (bicyclic) bond motifs is 3. The lowest BCUT2D eigenvalue weighted by Crippen LogP contribution is -2.39. The van der Waals surface area contributed by atoms with E-state index in [4.69, 9.17) is 4.74 Å². The minimum absolute atomic E-state index is 0.00122. The SMILES string of the molecule is CCC(C(=O)O)n1c2c(c3ccccc31)CC(NC(=O)OCC(C)C)CC2. The van der Waals surface area contributed by atoms with Crippen molar-refractivity contribution in [1.82, 2.24) is 9.88 Å². The maximum atomic E-state index is 12.0. The first-order valence-corrected chi connectivity index (χ1v) is 9.69. The van der Waals surface area contributed by atoms with Crippen LogP contribution in [0.25, 0.3) is 10.9 Å². The summed E-state index contributed by atoms with van der Waals surface area (Å²) in [5.74, 6) is -0.507. The van der Waals surface area contributed by atoms with Crippen LogP contribution in [-0.2, 0) is 22.4 Å². The Labute approximate surface area is 159 Å². The van der Waals surface area contributed by atoms with Gasteiger partial charge >= 0.3 is 12.1 Å². The molecule has 0 spiro atoms. The topological polar surface area (TPSA) is 80.6 Å². The van der Waals surface area contributed by atoms with Gasteiger partial charge in [0.25, 0.3) is 0 Å². The van der Waals surface area contributed by atoms with Crippen LogP contribution in [0, 0.1) is 5.92 Å². The van der Waals surface area contributed by atoms with Crippen LogP contribution in [0.1, 0.15) is 50.9 Å². The predicted octanol–water partition coefficient (Wildman–Crippen LogP) is 3.92. The van der Waals surface area contributed by atoms with Gasteiger partial charge in [0.1, 0.15) is 6.04 Å². The van der Waals surface area contributed by atoms with Crippen LogP contribution in [0.5, 0.6) is 0 Å². The Morgan fingerprint density at radius 1 is 1.33 bits per heavy atom. The van der Waals surface area contributed by atoms with Crippen molar-refractivity contribution in [2.75, 3.05) is 6.61 Å². The number of carboxylic acid groups (broad SMARTS) is 1. The van der Waals surface area contributed by atoms with Crippen LogP contribution in [0.3, 0.4) is 0 Å². The molecule has 2 atom stereocenters. The average Bonchev–Trinajstić information content (AvgIpc) is 2.95. The van der Waals surface area contributed by atoms with Crippen LogP contribution in [0.2, 0.25) is 0 Å².